The minimum absolute atomic E-state index is 0.184. The molecule has 0 saturated heterocycles. The van der Waals surface area contributed by atoms with Gasteiger partial charge in [-0.1, -0.05) is 49.4 Å². The molecule has 5 nitrogen and oxygen atoms in total. The van der Waals surface area contributed by atoms with Crippen LogP contribution in [0.2, 0.25) is 0 Å². The number of amides is 1. The summed E-state index contributed by atoms with van der Waals surface area (Å²) in [5, 5.41) is 2.77. The fourth-order valence-electron chi connectivity index (χ4n) is 2.31. The quantitative estimate of drug-likeness (QED) is 0.585. The van der Waals surface area contributed by atoms with Crippen LogP contribution in [-0.4, -0.2) is 32.1 Å². The second kappa shape index (κ2) is 10.0. The molecule has 0 aromatic heterocycles. The zero-order valence-electron chi connectivity index (χ0n) is 15.0. The van der Waals surface area contributed by atoms with E-state index in [1.54, 1.807) is 19.3 Å². The topological polar surface area (TPSA) is 64.6 Å². The molecule has 0 spiro atoms. The number of methoxy groups -OCH3 is 1. The van der Waals surface area contributed by atoms with Gasteiger partial charge in [0.2, 0.25) is 0 Å². The first-order valence-electron chi connectivity index (χ1n) is 8.39. The van der Waals surface area contributed by atoms with E-state index in [4.69, 9.17) is 9.47 Å². The minimum Gasteiger partial charge on any atom is -0.497 e. The maximum atomic E-state index is 11.8. The summed E-state index contributed by atoms with van der Waals surface area (Å²) in [5.74, 6) is -0.00812. The van der Waals surface area contributed by atoms with E-state index in [9.17, 15) is 9.59 Å². The van der Waals surface area contributed by atoms with Crippen molar-refractivity contribution in [1.29, 1.82) is 0 Å². The van der Waals surface area contributed by atoms with E-state index in [2.05, 4.69) is 5.32 Å². The van der Waals surface area contributed by atoms with E-state index in [1.807, 2.05) is 55.5 Å². The number of carbonyl (C=O) groups is 2. The normalized spacial score (nSPS) is 11.8. The summed E-state index contributed by atoms with van der Waals surface area (Å²) in [6.07, 6.45) is 2.90. The van der Waals surface area contributed by atoms with Crippen LogP contribution in [0.5, 0.6) is 5.75 Å². The van der Waals surface area contributed by atoms with Crippen molar-refractivity contribution < 1.29 is 19.1 Å². The van der Waals surface area contributed by atoms with Gasteiger partial charge < -0.3 is 14.8 Å². The monoisotopic (exact) mass is 353 g/mol. The Bertz CT molecular complexity index is 756. The van der Waals surface area contributed by atoms with Crippen molar-refractivity contribution in [1.82, 2.24) is 5.32 Å². The van der Waals surface area contributed by atoms with Crippen LogP contribution in [-0.2, 0) is 14.3 Å². The third-order valence-corrected chi connectivity index (χ3v) is 3.83. The summed E-state index contributed by atoms with van der Waals surface area (Å²) in [4.78, 5) is 23.5. The van der Waals surface area contributed by atoms with Crippen molar-refractivity contribution in [2.75, 3.05) is 20.3 Å². The summed E-state index contributed by atoms with van der Waals surface area (Å²) in [7, 11) is 1.58. The molecule has 0 aliphatic rings. The molecule has 1 N–H and O–H groups in total. The Morgan fingerprint density at radius 2 is 1.88 bits per heavy atom. The van der Waals surface area contributed by atoms with E-state index in [0.29, 0.717) is 12.3 Å². The Labute approximate surface area is 153 Å². The molecule has 5 heteroatoms. The number of rotatable bonds is 8. The number of hydrogen-bond acceptors (Lipinski definition) is 4. The second-order valence-electron chi connectivity index (χ2n) is 5.83. The number of benzene rings is 2. The number of nitrogens with one attached hydrogen (secondary N) is 1. The molecule has 26 heavy (non-hydrogen) atoms. The number of esters is 1. The lowest BCUT2D eigenvalue weighted by atomic mass is 10.0. The molecule has 2 aromatic rings. The molecule has 0 fully saturated rings. The summed E-state index contributed by atoms with van der Waals surface area (Å²) >= 11 is 0. The van der Waals surface area contributed by atoms with Gasteiger partial charge in [-0.3, -0.25) is 4.79 Å². The first kappa shape index (κ1) is 19.2. The Morgan fingerprint density at radius 1 is 1.12 bits per heavy atom. The van der Waals surface area contributed by atoms with Crippen LogP contribution in [0.3, 0.4) is 0 Å². The smallest absolute Gasteiger partial charge is 0.331 e. The number of hydrogen-bond donors (Lipinski definition) is 1. The van der Waals surface area contributed by atoms with Crippen molar-refractivity contribution in [2.24, 2.45) is 0 Å². The van der Waals surface area contributed by atoms with Gasteiger partial charge in [-0.05, 0) is 35.3 Å². The summed E-state index contributed by atoms with van der Waals surface area (Å²) in [6, 6.07) is 17.2. The lowest BCUT2D eigenvalue weighted by Crippen LogP contribution is -2.31. The van der Waals surface area contributed by atoms with Gasteiger partial charge in [-0.25, -0.2) is 4.79 Å². The van der Waals surface area contributed by atoms with Gasteiger partial charge in [0.15, 0.2) is 6.61 Å². The fraction of sp³-hybridized carbons (Fsp3) is 0.238. The zero-order chi connectivity index (χ0) is 18.8. The van der Waals surface area contributed by atoms with Crippen molar-refractivity contribution in [3.05, 3.63) is 71.8 Å². The molecule has 2 rings (SSSR count). The molecule has 0 aliphatic heterocycles. The Hall–Kier alpha value is -3.08. The van der Waals surface area contributed by atoms with Crippen molar-refractivity contribution in [3.8, 4) is 5.75 Å². The average Bonchev–Trinajstić information content (AvgIpc) is 2.69. The molecule has 0 heterocycles. The Morgan fingerprint density at radius 3 is 2.62 bits per heavy atom. The van der Waals surface area contributed by atoms with Crippen molar-refractivity contribution >= 4 is 18.0 Å². The van der Waals surface area contributed by atoms with Crippen LogP contribution >= 0.6 is 0 Å². The van der Waals surface area contributed by atoms with E-state index < -0.39 is 5.97 Å². The highest BCUT2D eigenvalue weighted by atomic mass is 16.5. The van der Waals surface area contributed by atoms with Gasteiger partial charge in [0, 0.05) is 12.6 Å². The largest absolute Gasteiger partial charge is 0.497 e. The Kier molecular flexibility index (Phi) is 7.43. The molecular formula is C21H23NO4. The van der Waals surface area contributed by atoms with E-state index in [1.165, 1.54) is 6.08 Å². The first-order chi connectivity index (χ1) is 12.6. The van der Waals surface area contributed by atoms with Gasteiger partial charge in [-0.15, -0.1) is 0 Å². The predicted octanol–water partition coefficient (Wildman–Crippen LogP) is 3.17. The van der Waals surface area contributed by atoms with Crippen LogP contribution in [0.25, 0.3) is 6.08 Å². The molecule has 0 aliphatic carbocycles. The van der Waals surface area contributed by atoms with Gasteiger partial charge >= 0.3 is 5.97 Å². The highest BCUT2D eigenvalue weighted by Crippen LogP contribution is 2.14. The van der Waals surface area contributed by atoms with E-state index in [-0.39, 0.29) is 18.4 Å². The van der Waals surface area contributed by atoms with Crippen LogP contribution in [0.4, 0.5) is 0 Å². The van der Waals surface area contributed by atoms with Crippen molar-refractivity contribution in [3.63, 3.8) is 0 Å². The molecule has 0 bridgehead atoms. The molecule has 1 amide bonds. The maximum Gasteiger partial charge on any atom is 0.331 e. The number of carbonyl (C=O) groups excluding carboxylic acids is 2. The lowest BCUT2D eigenvalue weighted by Gasteiger charge is -2.12. The standard InChI is InChI=1S/C21H23NO4/c1-16(18-8-4-3-5-9-18)14-22-20(23)15-26-21(24)12-11-17-7-6-10-19(13-17)25-2/h3-13,16H,14-15H2,1-2H3,(H,22,23)/b12-11+/t16-/m1/s1. The molecule has 1 atom stereocenters. The zero-order valence-corrected chi connectivity index (χ0v) is 15.0. The summed E-state index contributed by atoms with van der Waals surface area (Å²) < 4.78 is 10.1. The minimum atomic E-state index is -0.570. The molecular weight excluding hydrogens is 330 g/mol. The molecule has 0 unspecified atom stereocenters. The van der Waals surface area contributed by atoms with Crippen LogP contribution in [0.1, 0.15) is 24.0 Å². The third kappa shape index (κ3) is 6.43. The van der Waals surface area contributed by atoms with E-state index in [0.717, 1.165) is 11.1 Å². The molecule has 2 aromatic carbocycles. The maximum absolute atomic E-state index is 11.8. The fourth-order valence-corrected chi connectivity index (χ4v) is 2.31. The van der Waals surface area contributed by atoms with Crippen LogP contribution in [0, 0.1) is 0 Å². The van der Waals surface area contributed by atoms with Crippen molar-refractivity contribution in [2.45, 2.75) is 12.8 Å². The van der Waals surface area contributed by atoms with Gasteiger partial charge in [-0.2, -0.15) is 0 Å². The molecule has 0 radical (unpaired) electrons. The lowest BCUT2D eigenvalue weighted by molar-refractivity contribution is -0.143. The number of ether oxygens (including phenoxy) is 2. The molecule has 0 saturated carbocycles. The van der Waals surface area contributed by atoms with Gasteiger partial charge in [0.05, 0.1) is 7.11 Å². The van der Waals surface area contributed by atoms with Crippen LogP contribution < -0.4 is 10.1 Å². The Balaban J connectivity index is 1.72. The third-order valence-electron chi connectivity index (χ3n) is 3.83. The van der Waals surface area contributed by atoms with Gasteiger partial charge in [0.25, 0.3) is 5.91 Å². The average molecular weight is 353 g/mol. The molecule has 136 valence electrons. The summed E-state index contributed by atoms with van der Waals surface area (Å²) in [6.45, 7) is 2.21. The van der Waals surface area contributed by atoms with Crippen LogP contribution in [0.15, 0.2) is 60.7 Å². The highest BCUT2D eigenvalue weighted by molar-refractivity contribution is 5.89. The summed E-state index contributed by atoms with van der Waals surface area (Å²) in [5.41, 5.74) is 1.95. The predicted molar refractivity (Wildman–Crippen MR) is 101 cm³/mol. The van der Waals surface area contributed by atoms with E-state index >= 15 is 0 Å². The highest BCUT2D eigenvalue weighted by Gasteiger charge is 2.09. The van der Waals surface area contributed by atoms with Gasteiger partial charge in [0.1, 0.15) is 5.75 Å². The first-order valence-corrected chi connectivity index (χ1v) is 8.39. The SMILES string of the molecule is COc1cccc(/C=C/C(=O)OCC(=O)NC[C@@H](C)c2ccccc2)c1. The second-order valence-corrected chi connectivity index (χ2v) is 5.83.